The Balaban J connectivity index is 2.13. The van der Waals surface area contributed by atoms with Crippen LogP contribution < -0.4 is 5.73 Å². The van der Waals surface area contributed by atoms with Crippen molar-refractivity contribution >= 4 is 22.6 Å². The van der Waals surface area contributed by atoms with Gasteiger partial charge in [0, 0.05) is 11.6 Å². The Morgan fingerprint density at radius 3 is 2.58 bits per heavy atom. The number of nitrogens with zero attached hydrogens (tertiary/aromatic N) is 2. The lowest BCUT2D eigenvalue weighted by Crippen LogP contribution is -2.14. The third-order valence-corrected chi connectivity index (χ3v) is 3.98. The molecule has 24 heavy (non-hydrogen) atoms. The molecule has 3 aromatic rings. The van der Waals surface area contributed by atoms with Gasteiger partial charge in [-0.25, -0.2) is 4.98 Å². The first-order chi connectivity index (χ1) is 11.3. The number of aromatic nitrogens is 2. The molecule has 2 N–H and O–H groups in total. The summed E-state index contributed by atoms with van der Waals surface area (Å²) in [6.45, 7) is 2.18. The van der Waals surface area contributed by atoms with Crippen LogP contribution in [0.1, 0.15) is 29.9 Å². The SMILES string of the molecule is C[C@H](N)c1nc2cc(C(F)(F)F)ccc2n1Cc1cccc(Cl)c1. The maximum atomic E-state index is 12.9. The lowest BCUT2D eigenvalue weighted by Gasteiger charge is -2.12. The van der Waals surface area contributed by atoms with Crippen LogP contribution in [0.5, 0.6) is 0 Å². The lowest BCUT2D eigenvalue weighted by molar-refractivity contribution is -0.137. The molecule has 0 spiro atoms. The molecule has 1 aromatic heterocycles. The molecule has 0 aliphatic heterocycles. The summed E-state index contributed by atoms with van der Waals surface area (Å²) in [5, 5.41) is 0.596. The number of halogens is 4. The average Bonchev–Trinajstić information content (AvgIpc) is 2.85. The van der Waals surface area contributed by atoms with E-state index in [1.54, 1.807) is 13.0 Å². The summed E-state index contributed by atoms with van der Waals surface area (Å²) in [4.78, 5) is 4.31. The van der Waals surface area contributed by atoms with Crippen LogP contribution in [0.2, 0.25) is 5.02 Å². The highest BCUT2D eigenvalue weighted by Crippen LogP contribution is 2.32. The molecule has 0 aliphatic rings. The van der Waals surface area contributed by atoms with Crippen molar-refractivity contribution in [1.29, 1.82) is 0 Å². The second-order valence-electron chi connectivity index (χ2n) is 5.68. The Bertz CT molecular complexity index is 884. The van der Waals surface area contributed by atoms with Gasteiger partial charge >= 0.3 is 6.18 Å². The second-order valence-corrected chi connectivity index (χ2v) is 6.11. The van der Waals surface area contributed by atoms with Crippen molar-refractivity contribution in [3.8, 4) is 0 Å². The molecule has 0 fully saturated rings. The van der Waals surface area contributed by atoms with Crippen molar-refractivity contribution in [2.24, 2.45) is 5.73 Å². The fraction of sp³-hybridized carbons (Fsp3) is 0.235. The van der Waals surface area contributed by atoms with E-state index in [1.807, 2.05) is 22.8 Å². The lowest BCUT2D eigenvalue weighted by atomic mass is 10.2. The second kappa shape index (κ2) is 6.11. The number of hydrogen-bond acceptors (Lipinski definition) is 2. The van der Waals surface area contributed by atoms with Crippen LogP contribution in [0.15, 0.2) is 42.5 Å². The van der Waals surface area contributed by atoms with Gasteiger partial charge in [-0.05, 0) is 42.8 Å². The number of nitrogens with two attached hydrogens (primary N) is 1. The maximum absolute atomic E-state index is 12.9. The molecular formula is C17H15ClF3N3. The highest BCUT2D eigenvalue weighted by Gasteiger charge is 2.31. The minimum atomic E-state index is -4.40. The molecule has 0 saturated heterocycles. The van der Waals surface area contributed by atoms with Gasteiger partial charge in [-0.1, -0.05) is 23.7 Å². The summed E-state index contributed by atoms with van der Waals surface area (Å²) in [6.07, 6.45) is -4.40. The van der Waals surface area contributed by atoms with E-state index in [1.165, 1.54) is 6.07 Å². The summed E-state index contributed by atoms with van der Waals surface area (Å²) in [5.74, 6) is 0.532. The van der Waals surface area contributed by atoms with Crippen molar-refractivity contribution in [3.05, 3.63) is 64.4 Å². The van der Waals surface area contributed by atoms with Crippen molar-refractivity contribution in [3.63, 3.8) is 0 Å². The van der Waals surface area contributed by atoms with Crippen LogP contribution in [0.25, 0.3) is 11.0 Å². The minimum absolute atomic E-state index is 0.277. The fourth-order valence-corrected chi connectivity index (χ4v) is 2.87. The van der Waals surface area contributed by atoms with Crippen molar-refractivity contribution < 1.29 is 13.2 Å². The van der Waals surface area contributed by atoms with E-state index in [-0.39, 0.29) is 5.52 Å². The van der Waals surface area contributed by atoms with E-state index in [2.05, 4.69) is 4.98 Å². The summed E-state index contributed by atoms with van der Waals surface area (Å²) in [5.41, 5.74) is 7.03. The maximum Gasteiger partial charge on any atom is 0.416 e. The smallest absolute Gasteiger partial charge is 0.322 e. The molecule has 0 unspecified atom stereocenters. The largest absolute Gasteiger partial charge is 0.416 e. The molecule has 1 atom stereocenters. The molecule has 0 aliphatic carbocycles. The van der Waals surface area contributed by atoms with Crippen LogP contribution in [-0.2, 0) is 12.7 Å². The minimum Gasteiger partial charge on any atom is -0.322 e. The van der Waals surface area contributed by atoms with Crippen molar-refractivity contribution in [1.82, 2.24) is 9.55 Å². The average molecular weight is 354 g/mol. The van der Waals surface area contributed by atoms with Crippen molar-refractivity contribution in [2.75, 3.05) is 0 Å². The zero-order valence-electron chi connectivity index (χ0n) is 12.8. The summed E-state index contributed by atoms with van der Waals surface area (Å²) < 4.78 is 40.5. The van der Waals surface area contributed by atoms with E-state index in [4.69, 9.17) is 17.3 Å². The van der Waals surface area contributed by atoms with Gasteiger partial charge in [-0.3, -0.25) is 0 Å². The molecule has 0 saturated carbocycles. The first-order valence-corrected chi connectivity index (χ1v) is 7.71. The first kappa shape index (κ1) is 16.8. The molecule has 126 valence electrons. The predicted octanol–water partition coefficient (Wildman–Crippen LogP) is 4.78. The molecule has 1 heterocycles. The van der Waals surface area contributed by atoms with Gasteiger partial charge in [0.25, 0.3) is 0 Å². The van der Waals surface area contributed by atoms with Crippen LogP contribution in [0.3, 0.4) is 0 Å². The number of alkyl halides is 3. The summed E-state index contributed by atoms with van der Waals surface area (Å²) >= 11 is 6.00. The van der Waals surface area contributed by atoms with Gasteiger partial charge in [-0.2, -0.15) is 13.2 Å². The van der Waals surface area contributed by atoms with Gasteiger partial charge < -0.3 is 10.3 Å². The third-order valence-electron chi connectivity index (χ3n) is 3.74. The summed E-state index contributed by atoms with van der Waals surface area (Å²) in [6, 6.07) is 10.4. The molecule has 2 aromatic carbocycles. The van der Waals surface area contributed by atoms with E-state index >= 15 is 0 Å². The summed E-state index contributed by atoms with van der Waals surface area (Å²) in [7, 11) is 0. The molecular weight excluding hydrogens is 339 g/mol. The Hall–Kier alpha value is -2.05. The Morgan fingerprint density at radius 1 is 1.21 bits per heavy atom. The molecule has 0 bridgehead atoms. The third kappa shape index (κ3) is 3.25. The number of benzene rings is 2. The zero-order chi connectivity index (χ0) is 17.5. The molecule has 0 radical (unpaired) electrons. The van der Waals surface area contributed by atoms with Crippen LogP contribution in [0.4, 0.5) is 13.2 Å². The Labute approximate surface area is 141 Å². The number of imidazole rings is 1. The van der Waals surface area contributed by atoms with Crippen LogP contribution >= 0.6 is 11.6 Å². The highest BCUT2D eigenvalue weighted by molar-refractivity contribution is 6.30. The first-order valence-electron chi connectivity index (χ1n) is 7.33. The van der Waals surface area contributed by atoms with E-state index in [9.17, 15) is 13.2 Å². The molecule has 3 rings (SSSR count). The topological polar surface area (TPSA) is 43.8 Å². The standard InChI is InChI=1S/C17H15ClF3N3/c1-10(22)16-23-14-8-12(17(19,20)21)5-6-15(14)24(16)9-11-3-2-4-13(18)7-11/h2-8,10H,9,22H2,1H3/t10-/m0/s1. The predicted molar refractivity (Wildman–Crippen MR) is 87.9 cm³/mol. The number of rotatable bonds is 3. The molecule has 0 amide bonds. The Kier molecular flexibility index (Phi) is 4.27. The highest BCUT2D eigenvalue weighted by atomic mass is 35.5. The Morgan fingerprint density at radius 2 is 1.96 bits per heavy atom. The van der Waals surface area contributed by atoms with E-state index in [0.717, 1.165) is 17.7 Å². The van der Waals surface area contributed by atoms with Gasteiger partial charge in [0.1, 0.15) is 5.82 Å². The van der Waals surface area contributed by atoms with Gasteiger partial charge in [0.05, 0.1) is 22.6 Å². The monoisotopic (exact) mass is 353 g/mol. The molecule has 7 heteroatoms. The number of hydrogen-bond donors (Lipinski definition) is 1. The molecule has 3 nitrogen and oxygen atoms in total. The quantitative estimate of drug-likeness (QED) is 0.736. The van der Waals surface area contributed by atoms with Gasteiger partial charge in [0.15, 0.2) is 0 Å². The van der Waals surface area contributed by atoms with Crippen LogP contribution in [0, 0.1) is 0 Å². The number of fused-ring (bicyclic) bond motifs is 1. The van der Waals surface area contributed by atoms with Gasteiger partial charge in [-0.15, -0.1) is 0 Å². The van der Waals surface area contributed by atoms with E-state index in [0.29, 0.717) is 22.9 Å². The van der Waals surface area contributed by atoms with E-state index < -0.39 is 17.8 Å². The normalized spacial score (nSPS) is 13.4. The van der Waals surface area contributed by atoms with Crippen molar-refractivity contribution in [2.45, 2.75) is 25.7 Å². The fourth-order valence-electron chi connectivity index (χ4n) is 2.66. The van der Waals surface area contributed by atoms with Crippen LogP contribution in [-0.4, -0.2) is 9.55 Å². The zero-order valence-corrected chi connectivity index (χ0v) is 13.6. The van der Waals surface area contributed by atoms with Gasteiger partial charge in [0.2, 0.25) is 0 Å².